The minimum Gasteiger partial charge on any atom is -0.292 e. The Morgan fingerprint density at radius 2 is 2.12 bits per heavy atom. The molecule has 0 N–H and O–H groups in total. The third-order valence-electron chi connectivity index (χ3n) is 2.48. The number of Topliss-reactive ketones (excluding diaryl/α,β-unsaturated/α-hetero) is 1. The number of hydrogen-bond acceptors (Lipinski definition) is 2. The van der Waals surface area contributed by atoms with Crippen LogP contribution in [0.4, 0.5) is 0 Å². The van der Waals surface area contributed by atoms with Crippen molar-refractivity contribution in [2.45, 2.75) is 30.0 Å². The fourth-order valence-electron chi connectivity index (χ4n) is 1.54. The molecule has 1 rings (SSSR count). The molecule has 5 heteroatoms. The fourth-order valence-corrected chi connectivity index (χ4v) is 2.16. The van der Waals surface area contributed by atoms with Gasteiger partial charge in [-0.1, -0.05) is 60.6 Å². The number of carbonyl (C=O) groups excluding carboxylic acids is 1. The molecule has 1 aromatic rings. The molecule has 0 fully saturated rings. The molecule has 0 aromatic carbocycles. The predicted molar refractivity (Wildman–Crippen MR) is 71.9 cm³/mol. The molecule has 0 aliphatic heterocycles. The highest BCUT2D eigenvalue weighted by Gasteiger charge is 2.38. The van der Waals surface area contributed by atoms with Crippen LogP contribution in [0, 0.1) is 5.92 Å². The van der Waals surface area contributed by atoms with Crippen molar-refractivity contribution in [1.82, 2.24) is 4.98 Å². The predicted octanol–water partition coefficient (Wildman–Crippen LogP) is 4.44. The van der Waals surface area contributed by atoms with Crippen molar-refractivity contribution in [2.75, 3.05) is 0 Å². The van der Waals surface area contributed by atoms with Gasteiger partial charge in [-0.3, -0.25) is 9.78 Å². The maximum Gasteiger partial charge on any atom is 0.200 e. The van der Waals surface area contributed by atoms with E-state index in [9.17, 15) is 4.79 Å². The van der Waals surface area contributed by atoms with E-state index in [1.54, 1.807) is 24.4 Å². The van der Waals surface area contributed by atoms with Crippen molar-refractivity contribution in [1.29, 1.82) is 0 Å². The summed E-state index contributed by atoms with van der Waals surface area (Å²) in [6.07, 6.45) is 3.91. The van der Waals surface area contributed by atoms with Gasteiger partial charge in [-0.05, 0) is 18.6 Å². The molecule has 1 aromatic heterocycles. The number of halogens is 3. The van der Waals surface area contributed by atoms with Gasteiger partial charge in [-0.15, -0.1) is 0 Å². The summed E-state index contributed by atoms with van der Waals surface area (Å²) < 4.78 is -1.58. The molecular weight excluding hydrogens is 280 g/mol. The van der Waals surface area contributed by atoms with Crippen molar-refractivity contribution < 1.29 is 4.79 Å². The lowest BCUT2D eigenvalue weighted by atomic mass is 9.96. The number of nitrogens with zero attached hydrogens (tertiary/aromatic N) is 1. The lowest BCUT2D eigenvalue weighted by molar-refractivity contribution is 0.0908. The molecule has 17 heavy (non-hydrogen) atoms. The van der Waals surface area contributed by atoms with E-state index in [1.165, 1.54) is 0 Å². The molecule has 1 heterocycles. The van der Waals surface area contributed by atoms with Gasteiger partial charge in [-0.25, -0.2) is 0 Å². The lowest BCUT2D eigenvalue weighted by Gasteiger charge is -2.22. The first kappa shape index (κ1) is 14.7. The Morgan fingerprint density at radius 3 is 2.59 bits per heavy atom. The van der Waals surface area contributed by atoms with Gasteiger partial charge in [0.2, 0.25) is 3.79 Å². The van der Waals surface area contributed by atoms with Gasteiger partial charge in [0.25, 0.3) is 0 Å². The summed E-state index contributed by atoms with van der Waals surface area (Å²) in [7, 11) is 0. The minimum absolute atomic E-state index is 0.209. The molecule has 0 saturated heterocycles. The largest absolute Gasteiger partial charge is 0.292 e. The van der Waals surface area contributed by atoms with Crippen molar-refractivity contribution in [2.24, 2.45) is 5.92 Å². The van der Waals surface area contributed by atoms with E-state index in [-0.39, 0.29) is 5.78 Å². The molecule has 0 radical (unpaired) electrons. The maximum atomic E-state index is 12.2. The number of rotatable bonds is 5. The van der Waals surface area contributed by atoms with E-state index in [2.05, 4.69) is 4.98 Å². The minimum atomic E-state index is -1.58. The zero-order valence-electron chi connectivity index (χ0n) is 9.50. The van der Waals surface area contributed by atoms with Gasteiger partial charge < -0.3 is 0 Å². The lowest BCUT2D eigenvalue weighted by Crippen LogP contribution is -2.28. The van der Waals surface area contributed by atoms with Gasteiger partial charge in [0.1, 0.15) is 5.69 Å². The Kier molecular flexibility index (Phi) is 5.71. The van der Waals surface area contributed by atoms with Crippen LogP contribution in [0.1, 0.15) is 36.7 Å². The highest BCUT2D eigenvalue weighted by atomic mass is 35.6. The van der Waals surface area contributed by atoms with Crippen LogP contribution >= 0.6 is 34.8 Å². The van der Waals surface area contributed by atoms with Crippen LogP contribution in [0.5, 0.6) is 0 Å². The molecule has 0 saturated carbocycles. The molecule has 1 atom stereocenters. The summed E-state index contributed by atoms with van der Waals surface area (Å²) >= 11 is 17.6. The summed E-state index contributed by atoms with van der Waals surface area (Å²) in [5.41, 5.74) is 0.347. The zero-order chi connectivity index (χ0) is 12.9. The standard InChI is InChI=1S/C12H14Cl3NO/c1-2-3-6-9(12(13,14)15)11(17)10-7-4-5-8-16-10/h4-5,7-9H,2-3,6H2,1H3. The monoisotopic (exact) mass is 293 g/mol. The van der Waals surface area contributed by atoms with Crippen molar-refractivity contribution in [3.05, 3.63) is 30.1 Å². The fraction of sp³-hybridized carbons (Fsp3) is 0.500. The summed E-state index contributed by atoms with van der Waals surface area (Å²) in [6.45, 7) is 2.03. The van der Waals surface area contributed by atoms with Crippen molar-refractivity contribution in [3.63, 3.8) is 0 Å². The van der Waals surface area contributed by atoms with Gasteiger partial charge in [0.15, 0.2) is 5.78 Å². The van der Waals surface area contributed by atoms with Gasteiger partial charge in [0.05, 0.1) is 5.92 Å². The molecule has 1 unspecified atom stereocenters. The summed E-state index contributed by atoms with van der Waals surface area (Å²) in [4.78, 5) is 16.2. The average molecular weight is 295 g/mol. The topological polar surface area (TPSA) is 30.0 Å². The smallest absolute Gasteiger partial charge is 0.200 e. The third kappa shape index (κ3) is 4.46. The van der Waals surface area contributed by atoms with E-state index < -0.39 is 9.71 Å². The second-order valence-electron chi connectivity index (χ2n) is 3.82. The van der Waals surface area contributed by atoms with Gasteiger partial charge in [0, 0.05) is 6.20 Å². The second kappa shape index (κ2) is 6.58. The average Bonchev–Trinajstić information content (AvgIpc) is 2.29. The molecule has 0 aliphatic rings. The molecule has 0 spiro atoms. The summed E-state index contributed by atoms with van der Waals surface area (Å²) in [5, 5.41) is 0. The Labute approximate surface area is 116 Å². The van der Waals surface area contributed by atoms with Crippen LogP contribution < -0.4 is 0 Å². The van der Waals surface area contributed by atoms with Gasteiger partial charge >= 0.3 is 0 Å². The second-order valence-corrected chi connectivity index (χ2v) is 6.18. The molecule has 0 bridgehead atoms. The summed E-state index contributed by atoms with van der Waals surface area (Å²) in [5.74, 6) is -0.846. The molecule has 0 amide bonds. The molecule has 2 nitrogen and oxygen atoms in total. The molecular formula is C12H14Cl3NO. The van der Waals surface area contributed by atoms with Crippen LogP contribution in [0.3, 0.4) is 0 Å². The summed E-state index contributed by atoms with van der Waals surface area (Å²) in [6, 6.07) is 5.13. The van der Waals surface area contributed by atoms with Crippen LogP contribution in [0.25, 0.3) is 0 Å². The first-order chi connectivity index (χ1) is 7.96. The number of unbranched alkanes of at least 4 members (excludes halogenated alkanes) is 1. The van der Waals surface area contributed by atoms with Gasteiger partial charge in [-0.2, -0.15) is 0 Å². The van der Waals surface area contributed by atoms with E-state index >= 15 is 0 Å². The van der Waals surface area contributed by atoms with Crippen LogP contribution in [-0.4, -0.2) is 14.6 Å². The Morgan fingerprint density at radius 1 is 1.41 bits per heavy atom. The first-order valence-corrected chi connectivity index (χ1v) is 6.62. The molecule has 94 valence electrons. The highest BCUT2D eigenvalue weighted by Crippen LogP contribution is 2.39. The van der Waals surface area contributed by atoms with E-state index in [0.29, 0.717) is 12.1 Å². The quantitative estimate of drug-likeness (QED) is 0.593. The Bertz CT molecular complexity index is 362. The van der Waals surface area contributed by atoms with E-state index in [1.807, 2.05) is 6.92 Å². The first-order valence-electron chi connectivity index (χ1n) is 5.48. The van der Waals surface area contributed by atoms with Crippen LogP contribution in [-0.2, 0) is 0 Å². The SMILES string of the molecule is CCCCC(C(=O)c1ccccn1)C(Cl)(Cl)Cl. The number of ketones is 1. The molecule has 0 aliphatic carbocycles. The van der Waals surface area contributed by atoms with E-state index in [0.717, 1.165) is 12.8 Å². The van der Waals surface area contributed by atoms with Crippen LogP contribution in [0.15, 0.2) is 24.4 Å². The highest BCUT2D eigenvalue weighted by molar-refractivity contribution is 6.68. The number of alkyl halides is 3. The third-order valence-corrected chi connectivity index (χ3v) is 3.27. The van der Waals surface area contributed by atoms with Crippen molar-refractivity contribution in [3.8, 4) is 0 Å². The number of pyridine rings is 1. The Balaban J connectivity index is 2.87. The van der Waals surface area contributed by atoms with Crippen molar-refractivity contribution >= 4 is 40.6 Å². The normalized spacial score (nSPS) is 13.4. The number of carbonyl (C=O) groups is 1. The Hall–Kier alpha value is -0.310. The number of hydrogen-bond donors (Lipinski definition) is 0. The maximum absolute atomic E-state index is 12.2. The number of aromatic nitrogens is 1. The van der Waals surface area contributed by atoms with Crippen LogP contribution in [0.2, 0.25) is 0 Å². The zero-order valence-corrected chi connectivity index (χ0v) is 11.8. The van der Waals surface area contributed by atoms with E-state index in [4.69, 9.17) is 34.8 Å².